The first-order valence-electron chi connectivity index (χ1n) is 8.51. The molecule has 0 aliphatic carbocycles. The molecule has 2 amide bonds. The summed E-state index contributed by atoms with van der Waals surface area (Å²) in [6.07, 6.45) is -14.0. The Labute approximate surface area is 159 Å². The van der Waals surface area contributed by atoms with Crippen LogP contribution in [0.3, 0.4) is 0 Å². The maximum absolute atomic E-state index is 11.8. The second-order valence-electron chi connectivity index (χ2n) is 6.58. The lowest BCUT2D eigenvalue weighted by molar-refractivity contribution is -0.341. The molecule has 2 rings (SSSR count). The van der Waals surface area contributed by atoms with Crippen molar-refractivity contribution in [3.05, 3.63) is 0 Å². The molecule has 2 fully saturated rings. The zero-order chi connectivity index (χ0) is 21.2. The molecule has 0 aromatic rings. The Morgan fingerprint density at radius 2 is 1.68 bits per heavy atom. The van der Waals surface area contributed by atoms with Gasteiger partial charge in [-0.15, -0.1) is 0 Å². The van der Waals surface area contributed by atoms with Crippen LogP contribution in [0, 0.1) is 0 Å². The van der Waals surface area contributed by atoms with E-state index in [9.17, 15) is 35.1 Å². The van der Waals surface area contributed by atoms with Crippen LogP contribution in [0.25, 0.3) is 0 Å². The minimum Gasteiger partial charge on any atom is -0.394 e. The summed E-state index contributed by atoms with van der Waals surface area (Å²) in [6, 6.07) is -1.16. The first-order chi connectivity index (χ1) is 13.1. The maximum Gasteiger partial charge on any atom is 0.249 e. The number of hydrogen-bond acceptors (Lipinski definition) is 11. The summed E-state index contributed by atoms with van der Waals surface area (Å²) in [5.74, 6) is -1.56. The van der Waals surface area contributed by atoms with E-state index in [1.165, 1.54) is 14.0 Å². The Morgan fingerprint density at radius 1 is 1.04 bits per heavy atom. The molecule has 28 heavy (non-hydrogen) atoms. The van der Waals surface area contributed by atoms with E-state index in [1.807, 2.05) is 0 Å². The van der Waals surface area contributed by atoms with Gasteiger partial charge in [-0.3, -0.25) is 9.59 Å². The van der Waals surface area contributed by atoms with Crippen LogP contribution in [0.15, 0.2) is 0 Å². The molecule has 2 aliphatic rings. The van der Waals surface area contributed by atoms with Crippen molar-refractivity contribution in [2.24, 2.45) is 5.73 Å². The molecule has 13 heteroatoms. The predicted molar refractivity (Wildman–Crippen MR) is 87.1 cm³/mol. The summed E-state index contributed by atoms with van der Waals surface area (Å²) in [6.45, 7) is 0.487. The van der Waals surface area contributed by atoms with E-state index in [0.717, 1.165) is 0 Å². The zero-order valence-corrected chi connectivity index (χ0v) is 15.2. The van der Waals surface area contributed by atoms with Gasteiger partial charge in [0, 0.05) is 14.0 Å². The largest absolute Gasteiger partial charge is 0.394 e. The number of carbonyl (C=O) groups is 2. The predicted octanol–water partition coefficient (Wildman–Crippen LogP) is -5.11. The standard InChI is InChI=1S/C15H26N2O11/c1-4(19)17-6-8(21)11(12(13(16)24)28-14(6)25-2)27-15-10(23)9(22)7(20)5(3-18)26-15/h5-12,14-15,18,20-23H,3H2,1-2H3,(H2,16,24)(H,17,19)/t5-,6-,7-,8+,9-,10-,11-,12+,14+,15-/m0/s1. The molecular weight excluding hydrogens is 384 g/mol. The Hall–Kier alpha value is -1.42. The average Bonchev–Trinajstić information content (AvgIpc) is 2.64. The Morgan fingerprint density at radius 3 is 2.18 bits per heavy atom. The smallest absolute Gasteiger partial charge is 0.249 e. The van der Waals surface area contributed by atoms with E-state index in [-0.39, 0.29) is 0 Å². The molecule has 8 N–H and O–H groups in total. The quantitative estimate of drug-likeness (QED) is 0.220. The third-order valence-electron chi connectivity index (χ3n) is 4.60. The summed E-state index contributed by atoms with van der Waals surface area (Å²) in [5.41, 5.74) is 5.30. The number of nitrogens with one attached hydrogen (secondary N) is 1. The van der Waals surface area contributed by atoms with Gasteiger partial charge in [-0.2, -0.15) is 0 Å². The fraction of sp³-hybridized carbons (Fsp3) is 0.867. The fourth-order valence-electron chi connectivity index (χ4n) is 3.16. The van der Waals surface area contributed by atoms with Crippen LogP contribution in [0.5, 0.6) is 0 Å². The monoisotopic (exact) mass is 410 g/mol. The van der Waals surface area contributed by atoms with Crippen LogP contribution < -0.4 is 11.1 Å². The SMILES string of the molecule is CO[C@@H]1O[C@@H](C(N)=O)[C@@H](O[C@@H]2O[C@@H](CO)[C@H](O)[C@H](O)[C@@H]2O)[C@H](O)[C@@H]1NC(C)=O. The highest BCUT2D eigenvalue weighted by molar-refractivity contribution is 5.80. The molecule has 2 aliphatic heterocycles. The van der Waals surface area contributed by atoms with Gasteiger partial charge in [0.25, 0.3) is 0 Å². The van der Waals surface area contributed by atoms with Crippen molar-refractivity contribution in [2.75, 3.05) is 13.7 Å². The Balaban J connectivity index is 2.26. The van der Waals surface area contributed by atoms with Gasteiger partial charge in [0.2, 0.25) is 11.8 Å². The van der Waals surface area contributed by atoms with Crippen LogP contribution in [0.4, 0.5) is 0 Å². The third-order valence-corrected chi connectivity index (χ3v) is 4.60. The van der Waals surface area contributed by atoms with E-state index in [2.05, 4.69) is 5.32 Å². The number of hydrogen-bond donors (Lipinski definition) is 7. The molecule has 162 valence electrons. The van der Waals surface area contributed by atoms with Crippen molar-refractivity contribution in [1.29, 1.82) is 0 Å². The molecule has 0 unspecified atom stereocenters. The van der Waals surface area contributed by atoms with Gasteiger partial charge in [-0.05, 0) is 0 Å². The molecule has 0 saturated carbocycles. The van der Waals surface area contributed by atoms with E-state index in [4.69, 9.17) is 24.7 Å². The van der Waals surface area contributed by atoms with Gasteiger partial charge in [0.15, 0.2) is 18.7 Å². The molecule has 13 nitrogen and oxygen atoms in total. The fourth-order valence-corrected chi connectivity index (χ4v) is 3.16. The van der Waals surface area contributed by atoms with Crippen molar-refractivity contribution >= 4 is 11.8 Å². The summed E-state index contributed by atoms with van der Waals surface area (Å²) in [7, 11) is 1.23. The third kappa shape index (κ3) is 4.59. The van der Waals surface area contributed by atoms with E-state index < -0.39 is 79.8 Å². The van der Waals surface area contributed by atoms with E-state index in [1.54, 1.807) is 0 Å². The summed E-state index contributed by atoms with van der Waals surface area (Å²) in [5, 5.41) is 52.1. The number of ether oxygens (including phenoxy) is 4. The van der Waals surface area contributed by atoms with Gasteiger partial charge in [-0.25, -0.2) is 0 Å². The molecule has 0 aromatic carbocycles. The first kappa shape index (κ1) is 22.9. The van der Waals surface area contributed by atoms with Gasteiger partial charge in [0.1, 0.15) is 42.7 Å². The maximum atomic E-state index is 11.8. The molecule has 10 atom stereocenters. The molecular formula is C15H26N2O11. The Kier molecular flexibility index (Phi) is 7.66. The molecule has 0 radical (unpaired) electrons. The van der Waals surface area contributed by atoms with Gasteiger partial charge >= 0.3 is 0 Å². The van der Waals surface area contributed by atoms with Crippen LogP contribution in [-0.2, 0) is 28.5 Å². The van der Waals surface area contributed by atoms with Crippen molar-refractivity contribution < 1.29 is 54.1 Å². The number of primary amides is 1. The van der Waals surface area contributed by atoms with Crippen molar-refractivity contribution in [2.45, 2.75) is 68.3 Å². The number of nitrogens with two attached hydrogens (primary N) is 1. The van der Waals surface area contributed by atoms with Crippen molar-refractivity contribution in [3.63, 3.8) is 0 Å². The number of aliphatic hydroxyl groups excluding tert-OH is 5. The zero-order valence-electron chi connectivity index (χ0n) is 15.2. The van der Waals surface area contributed by atoms with E-state index >= 15 is 0 Å². The number of amides is 2. The van der Waals surface area contributed by atoms with Gasteiger partial charge < -0.3 is 55.5 Å². The van der Waals surface area contributed by atoms with Crippen LogP contribution in [0.2, 0.25) is 0 Å². The highest BCUT2D eigenvalue weighted by Gasteiger charge is 2.52. The first-order valence-corrected chi connectivity index (χ1v) is 8.51. The summed E-state index contributed by atoms with van der Waals surface area (Å²) < 4.78 is 21.1. The number of carbonyl (C=O) groups excluding carboxylic acids is 2. The lowest BCUT2D eigenvalue weighted by Crippen LogP contribution is -2.68. The average molecular weight is 410 g/mol. The topological polar surface area (TPSA) is 210 Å². The van der Waals surface area contributed by atoms with Gasteiger partial charge in [0.05, 0.1) is 6.61 Å². The number of rotatable bonds is 6. The molecule has 2 heterocycles. The second-order valence-corrected chi connectivity index (χ2v) is 6.58. The number of methoxy groups -OCH3 is 1. The Bertz CT molecular complexity index is 562. The normalized spacial score (nSPS) is 44.1. The van der Waals surface area contributed by atoms with Crippen molar-refractivity contribution in [1.82, 2.24) is 5.32 Å². The highest BCUT2D eigenvalue weighted by Crippen LogP contribution is 2.29. The minimum absolute atomic E-state index is 0.529. The van der Waals surface area contributed by atoms with Crippen LogP contribution >= 0.6 is 0 Å². The van der Waals surface area contributed by atoms with Crippen LogP contribution in [0.1, 0.15) is 6.92 Å². The lowest BCUT2D eigenvalue weighted by Gasteiger charge is -2.46. The molecule has 2 saturated heterocycles. The second kappa shape index (κ2) is 9.39. The molecule has 0 bridgehead atoms. The van der Waals surface area contributed by atoms with Gasteiger partial charge in [-0.1, -0.05) is 0 Å². The molecule has 0 aromatic heterocycles. The lowest BCUT2D eigenvalue weighted by atomic mass is 9.95. The summed E-state index contributed by atoms with van der Waals surface area (Å²) in [4.78, 5) is 23.2. The van der Waals surface area contributed by atoms with Crippen molar-refractivity contribution in [3.8, 4) is 0 Å². The van der Waals surface area contributed by atoms with E-state index in [0.29, 0.717) is 0 Å². The minimum atomic E-state index is -1.78. The summed E-state index contributed by atoms with van der Waals surface area (Å²) >= 11 is 0. The van der Waals surface area contributed by atoms with Crippen LogP contribution in [-0.4, -0.2) is 112 Å². The molecule has 0 spiro atoms. The number of aliphatic hydroxyl groups is 5. The highest BCUT2D eigenvalue weighted by atomic mass is 16.7.